The molecule has 174 valence electrons. The zero-order chi connectivity index (χ0) is 23.9. The van der Waals surface area contributed by atoms with E-state index < -0.39 is 0 Å². The summed E-state index contributed by atoms with van der Waals surface area (Å²) in [5, 5.41) is 0.528. The number of methoxy groups -OCH3 is 3. The number of anilines is 2. The molecular weight excluding hydrogens is 450 g/mol. The number of hydrogen-bond acceptors (Lipinski definition) is 7. The molecule has 1 amide bonds. The van der Waals surface area contributed by atoms with Crippen LogP contribution in [-0.4, -0.2) is 36.6 Å². The molecule has 0 spiro atoms. The average molecular weight is 476 g/mol. The molecular formula is C26H25N3O4S. The van der Waals surface area contributed by atoms with E-state index in [-0.39, 0.29) is 12.3 Å². The molecule has 0 saturated carbocycles. The molecule has 0 radical (unpaired) electrons. The molecule has 34 heavy (non-hydrogen) atoms. The quantitative estimate of drug-likeness (QED) is 0.317. The lowest BCUT2D eigenvalue weighted by Gasteiger charge is -2.20. The van der Waals surface area contributed by atoms with Gasteiger partial charge in [0.25, 0.3) is 0 Å². The Balaban J connectivity index is 1.60. The van der Waals surface area contributed by atoms with E-state index in [4.69, 9.17) is 14.2 Å². The Morgan fingerprint density at radius 2 is 1.50 bits per heavy atom. The van der Waals surface area contributed by atoms with Crippen molar-refractivity contribution in [2.45, 2.75) is 12.8 Å². The van der Waals surface area contributed by atoms with Crippen molar-refractivity contribution in [2.24, 2.45) is 0 Å². The minimum atomic E-state index is -0.0873. The van der Waals surface area contributed by atoms with Crippen LogP contribution in [0.25, 0.3) is 11.4 Å². The Hall–Kier alpha value is -3.91. The second-order valence-corrected chi connectivity index (χ2v) is 8.10. The first-order valence-electron chi connectivity index (χ1n) is 10.7. The maximum atomic E-state index is 13.5. The molecule has 1 aromatic heterocycles. The minimum absolute atomic E-state index is 0.0873. The van der Waals surface area contributed by atoms with Crippen molar-refractivity contribution in [3.8, 4) is 28.6 Å². The third-order valence-corrected chi connectivity index (χ3v) is 5.96. The van der Waals surface area contributed by atoms with Gasteiger partial charge in [-0.15, -0.1) is 0 Å². The van der Waals surface area contributed by atoms with Crippen LogP contribution in [0.4, 0.5) is 10.8 Å². The lowest BCUT2D eigenvalue weighted by Crippen LogP contribution is -2.26. The van der Waals surface area contributed by atoms with Gasteiger partial charge in [0.1, 0.15) is 0 Å². The molecule has 8 heteroatoms. The summed E-state index contributed by atoms with van der Waals surface area (Å²) < 4.78 is 20.8. The van der Waals surface area contributed by atoms with Gasteiger partial charge in [0.2, 0.25) is 16.8 Å². The van der Waals surface area contributed by atoms with Crippen molar-refractivity contribution < 1.29 is 19.0 Å². The van der Waals surface area contributed by atoms with Crippen molar-refractivity contribution in [2.75, 3.05) is 26.2 Å². The normalized spacial score (nSPS) is 10.6. The van der Waals surface area contributed by atoms with E-state index in [1.54, 1.807) is 26.2 Å². The van der Waals surface area contributed by atoms with Crippen molar-refractivity contribution in [1.82, 2.24) is 9.36 Å². The van der Waals surface area contributed by atoms with E-state index in [9.17, 15) is 4.79 Å². The second kappa shape index (κ2) is 10.8. The van der Waals surface area contributed by atoms with E-state index in [0.717, 1.165) is 16.8 Å². The third kappa shape index (κ3) is 5.02. The van der Waals surface area contributed by atoms with Crippen LogP contribution in [0.5, 0.6) is 17.2 Å². The fourth-order valence-corrected chi connectivity index (χ4v) is 4.32. The summed E-state index contributed by atoms with van der Waals surface area (Å²) in [6, 6.07) is 22.9. The predicted molar refractivity (Wildman–Crippen MR) is 133 cm³/mol. The molecule has 4 rings (SSSR count). The molecule has 0 aliphatic carbocycles. The first kappa shape index (κ1) is 23.3. The van der Waals surface area contributed by atoms with Crippen molar-refractivity contribution in [3.63, 3.8) is 0 Å². The van der Waals surface area contributed by atoms with Crippen LogP contribution in [0.2, 0.25) is 0 Å². The van der Waals surface area contributed by atoms with Gasteiger partial charge >= 0.3 is 0 Å². The number of amides is 1. The number of nitrogens with zero attached hydrogens (tertiary/aromatic N) is 3. The molecule has 3 aromatic carbocycles. The standard InChI is InChI=1S/C26H25N3O4S/c1-31-21-16-18(17-22(32-2)24(21)33-3)14-15-23(30)29(20-12-8-5-9-13-20)26-27-25(28-34-26)19-10-6-4-7-11-19/h4-13,16-17H,14-15H2,1-3H3. The Kier molecular flexibility index (Phi) is 7.39. The smallest absolute Gasteiger partial charge is 0.233 e. The third-order valence-electron chi connectivity index (χ3n) is 5.25. The van der Waals surface area contributed by atoms with Crippen LogP contribution in [0.3, 0.4) is 0 Å². The maximum absolute atomic E-state index is 13.5. The average Bonchev–Trinajstić information content (AvgIpc) is 3.37. The van der Waals surface area contributed by atoms with Crippen molar-refractivity contribution >= 4 is 28.3 Å². The molecule has 0 unspecified atom stereocenters. The number of rotatable bonds is 9. The highest BCUT2D eigenvalue weighted by Gasteiger charge is 2.23. The van der Waals surface area contributed by atoms with Gasteiger partial charge in [-0.1, -0.05) is 48.5 Å². The Bertz CT molecular complexity index is 1220. The summed E-state index contributed by atoms with van der Waals surface area (Å²) in [5.74, 6) is 2.14. The van der Waals surface area contributed by atoms with E-state index in [1.165, 1.54) is 11.5 Å². The highest BCUT2D eigenvalue weighted by atomic mass is 32.1. The lowest BCUT2D eigenvalue weighted by atomic mass is 10.1. The molecule has 4 aromatic rings. The Morgan fingerprint density at radius 3 is 2.09 bits per heavy atom. The number of hydrogen-bond donors (Lipinski definition) is 0. The zero-order valence-corrected chi connectivity index (χ0v) is 20.0. The SMILES string of the molecule is COc1cc(CCC(=O)N(c2ccccc2)c2nc(-c3ccccc3)ns2)cc(OC)c1OC. The van der Waals surface area contributed by atoms with Gasteiger partial charge in [-0.05, 0) is 36.2 Å². The molecule has 0 bridgehead atoms. The lowest BCUT2D eigenvalue weighted by molar-refractivity contribution is -0.117. The van der Waals surface area contributed by atoms with Crippen molar-refractivity contribution in [1.29, 1.82) is 0 Å². The summed E-state index contributed by atoms with van der Waals surface area (Å²) in [6.45, 7) is 0. The molecule has 0 saturated heterocycles. The van der Waals surface area contributed by atoms with Crippen LogP contribution in [-0.2, 0) is 11.2 Å². The first-order valence-corrected chi connectivity index (χ1v) is 11.5. The highest BCUT2D eigenvalue weighted by molar-refractivity contribution is 7.10. The van der Waals surface area contributed by atoms with Crippen LogP contribution < -0.4 is 19.1 Å². The molecule has 1 heterocycles. The van der Waals surface area contributed by atoms with E-state index >= 15 is 0 Å². The van der Waals surface area contributed by atoms with Gasteiger partial charge in [-0.2, -0.15) is 9.36 Å². The van der Waals surface area contributed by atoms with Gasteiger partial charge in [-0.3, -0.25) is 9.69 Å². The maximum Gasteiger partial charge on any atom is 0.233 e. The summed E-state index contributed by atoms with van der Waals surface area (Å²) >= 11 is 1.20. The van der Waals surface area contributed by atoms with Gasteiger partial charge in [0, 0.05) is 23.5 Å². The first-order chi connectivity index (χ1) is 16.6. The number of para-hydroxylation sites is 1. The topological polar surface area (TPSA) is 73.8 Å². The number of carbonyl (C=O) groups is 1. The second-order valence-electron chi connectivity index (χ2n) is 7.36. The summed E-state index contributed by atoms with van der Waals surface area (Å²) in [5.41, 5.74) is 2.55. The predicted octanol–water partition coefficient (Wildman–Crippen LogP) is 5.53. The largest absolute Gasteiger partial charge is 0.493 e. The fourth-order valence-electron chi connectivity index (χ4n) is 3.59. The van der Waals surface area contributed by atoms with Crippen LogP contribution >= 0.6 is 11.5 Å². The Morgan fingerprint density at radius 1 is 0.882 bits per heavy atom. The van der Waals surface area contributed by atoms with Gasteiger partial charge in [0.15, 0.2) is 17.3 Å². The highest BCUT2D eigenvalue weighted by Crippen LogP contribution is 2.38. The van der Waals surface area contributed by atoms with Gasteiger partial charge in [-0.25, -0.2) is 0 Å². The number of carbonyl (C=O) groups excluding carboxylic acids is 1. The summed E-state index contributed by atoms with van der Waals surface area (Å²) in [6.07, 6.45) is 0.747. The van der Waals surface area contributed by atoms with Gasteiger partial charge in [0.05, 0.1) is 27.0 Å². The summed E-state index contributed by atoms with van der Waals surface area (Å²) in [7, 11) is 4.71. The number of aryl methyl sites for hydroxylation is 1. The minimum Gasteiger partial charge on any atom is -0.493 e. The van der Waals surface area contributed by atoms with E-state index in [1.807, 2.05) is 72.8 Å². The van der Waals surface area contributed by atoms with Crippen LogP contribution in [0, 0.1) is 0 Å². The number of ether oxygens (including phenoxy) is 3. The Labute approximate surface area is 202 Å². The molecule has 0 aliphatic rings. The zero-order valence-electron chi connectivity index (χ0n) is 19.2. The molecule has 0 fully saturated rings. The van der Waals surface area contributed by atoms with E-state index in [0.29, 0.717) is 34.6 Å². The molecule has 0 N–H and O–H groups in total. The molecule has 7 nitrogen and oxygen atoms in total. The van der Waals surface area contributed by atoms with Gasteiger partial charge < -0.3 is 14.2 Å². The van der Waals surface area contributed by atoms with Crippen molar-refractivity contribution in [3.05, 3.63) is 78.4 Å². The van der Waals surface area contributed by atoms with E-state index in [2.05, 4.69) is 9.36 Å². The number of benzene rings is 3. The monoisotopic (exact) mass is 475 g/mol. The molecule has 0 atom stereocenters. The summed E-state index contributed by atoms with van der Waals surface area (Å²) in [4.78, 5) is 19.8. The fraction of sp³-hybridized carbons (Fsp3) is 0.192. The molecule has 0 aliphatic heterocycles. The number of aromatic nitrogens is 2. The van der Waals surface area contributed by atoms with Crippen LogP contribution in [0.15, 0.2) is 72.8 Å². The van der Waals surface area contributed by atoms with Crippen LogP contribution in [0.1, 0.15) is 12.0 Å².